The number of benzene rings is 1. The van der Waals surface area contributed by atoms with Gasteiger partial charge < -0.3 is 5.11 Å². The van der Waals surface area contributed by atoms with Gasteiger partial charge in [-0.2, -0.15) is 0 Å². The van der Waals surface area contributed by atoms with Gasteiger partial charge in [-0.25, -0.2) is 14.2 Å². The normalized spacial score (nSPS) is 10.9. The molecule has 6 heteroatoms. The number of halogens is 2. The van der Waals surface area contributed by atoms with Gasteiger partial charge in [0.1, 0.15) is 17.2 Å². The second-order valence-electron chi connectivity index (χ2n) is 4.20. The summed E-state index contributed by atoms with van der Waals surface area (Å²) in [6.45, 7) is 0. The maximum Gasteiger partial charge on any atom is 0.355 e. The van der Waals surface area contributed by atoms with Gasteiger partial charge in [-0.3, -0.25) is 4.40 Å². The number of carboxylic acids is 1. The molecule has 0 aliphatic heterocycles. The molecule has 4 nitrogen and oxygen atoms in total. The predicted octanol–water partition coefficient (Wildman–Crippen LogP) is 3.49. The lowest BCUT2D eigenvalue weighted by molar-refractivity contribution is 0.0690. The van der Waals surface area contributed by atoms with Crippen molar-refractivity contribution in [2.24, 2.45) is 0 Å². The molecule has 0 amide bonds. The van der Waals surface area contributed by atoms with E-state index in [1.54, 1.807) is 18.2 Å². The van der Waals surface area contributed by atoms with E-state index in [1.807, 2.05) is 0 Å². The van der Waals surface area contributed by atoms with Crippen molar-refractivity contribution in [3.8, 4) is 11.3 Å². The van der Waals surface area contributed by atoms with Crippen molar-refractivity contribution in [1.29, 1.82) is 0 Å². The van der Waals surface area contributed by atoms with Gasteiger partial charge >= 0.3 is 5.97 Å². The lowest BCUT2D eigenvalue weighted by Gasteiger charge is -2.00. The van der Waals surface area contributed by atoms with Crippen molar-refractivity contribution in [3.05, 3.63) is 59.1 Å². The number of aromatic carboxylic acids is 1. The predicted molar refractivity (Wildman–Crippen MR) is 72.6 cm³/mol. The summed E-state index contributed by atoms with van der Waals surface area (Å²) in [4.78, 5) is 15.7. The molecule has 3 rings (SSSR count). The molecule has 0 spiro atoms. The first-order valence-corrected chi connectivity index (χ1v) is 6.11. The van der Waals surface area contributed by atoms with E-state index in [0.717, 1.165) is 0 Å². The lowest BCUT2D eigenvalue weighted by atomic mass is 10.1. The Bertz CT molecular complexity index is 829. The number of pyridine rings is 1. The fourth-order valence-corrected chi connectivity index (χ4v) is 2.22. The van der Waals surface area contributed by atoms with Gasteiger partial charge in [-0.05, 0) is 18.2 Å². The van der Waals surface area contributed by atoms with Crippen LogP contribution >= 0.6 is 11.6 Å². The highest BCUT2D eigenvalue weighted by Gasteiger charge is 2.20. The minimum atomic E-state index is -1.14. The lowest BCUT2D eigenvalue weighted by Crippen LogP contribution is -2.03. The molecule has 1 N–H and O–H groups in total. The van der Waals surface area contributed by atoms with Crippen LogP contribution in [0.25, 0.3) is 16.9 Å². The minimum absolute atomic E-state index is 0.0257. The highest BCUT2D eigenvalue weighted by molar-refractivity contribution is 6.30. The van der Waals surface area contributed by atoms with Gasteiger partial charge in [0.15, 0.2) is 5.69 Å². The molecular weight excluding hydrogens is 283 g/mol. The van der Waals surface area contributed by atoms with Crippen LogP contribution in [0.1, 0.15) is 10.5 Å². The van der Waals surface area contributed by atoms with Gasteiger partial charge in [0.05, 0.1) is 0 Å². The average molecular weight is 291 g/mol. The Kier molecular flexibility index (Phi) is 2.91. The number of carbonyl (C=O) groups is 1. The topological polar surface area (TPSA) is 54.6 Å². The SMILES string of the molecule is O=C(O)c1c(-c2cccc(F)c2)nc2cc(Cl)ccn12. The fourth-order valence-electron chi connectivity index (χ4n) is 2.06. The largest absolute Gasteiger partial charge is 0.476 e. The van der Waals surface area contributed by atoms with Crippen molar-refractivity contribution >= 4 is 23.2 Å². The number of hydrogen-bond acceptors (Lipinski definition) is 2. The van der Waals surface area contributed by atoms with Crippen molar-refractivity contribution in [3.63, 3.8) is 0 Å². The number of carboxylic acid groups (broad SMARTS) is 1. The third-order valence-electron chi connectivity index (χ3n) is 2.89. The molecule has 100 valence electrons. The van der Waals surface area contributed by atoms with Crippen molar-refractivity contribution in [2.45, 2.75) is 0 Å². The average Bonchev–Trinajstić information content (AvgIpc) is 2.77. The Hall–Kier alpha value is -2.40. The van der Waals surface area contributed by atoms with Gasteiger partial charge in [-0.1, -0.05) is 23.7 Å². The minimum Gasteiger partial charge on any atom is -0.476 e. The zero-order valence-electron chi connectivity index (χ0n) is 10.0. The van der Waals surface area contributed by atoms with E-state index >= 15 is 0 Å². The molecule has 0 radical (unpaired) electrons. The van der Waals surface area contributed by atoms with Crippen LogP contribution in [0.5, 0.6) is 0 Å². The quantitative estimate of drug-likeness (QED) is 0.786. The molecular formula is C14H8ClFN2O2. The van der Waals surface area contributed by atoms with E-state index in [9.17, 15) is 14.3 Å². The summed E-state index contributed by atoms with van der Waals surface area (Å²) >= 11 is 5.87. The van der Waals surface area contributed by atoms with Crippen LogP contribution in [0.3, 0.4) is 0 Å². The molecule has 0 aliphatic rings. The summed E-state index contributed by atoms with van der Waals surface area (Å²) in [5.41, 5.74) is 0.984. The number of hydrogen-bond donors (Lipinski definition) is 1. The smallest absolute Gasteiger partial charge is 0.355 e. The molecule has 0 aliphatic carbocycles. The number of nitrogens with zero attached hydrogens (tertiary/aromatic N) is 2. The molecule has 2 aromatic heterocycles. The number of imidazole rings is 1. The third kappa shape index (κ3) is 2.02. The van der Waals surface area contributed by atoms with Crippen molar-refractivity contribution < 1.29 is 14.3 Å². The maximum absolute atomic E-state index is 13.3. The molecule has 3 aromatic rings. The molecule has 0 atom stereocenters. The van der Waals surface area contributed by atoms with Crippen LogP contribution in [-0.4, -0.2) is 20.5 Å². The zero-order valence-corrected chi connectivity index (χ0v) is 10.8. The fraction of sp³-hybridized carbons (Fsp3) is 0. The molecule has 20 heavy (non-hydrogen) atoms. The van der Waals surface area contributed by atoms with Crippen molar-refractivity contribution in [1.82, 2.24) is 9.38 Å². The van der Waals surface area contributed by atoms with E-state index < -0.39 is 11.8 Å². The Morgan fingerprint density at radius 3 is 2.80 bits per heavy atom. The second kappa shape index (κ2) is 4.61. The van der Waals surface area contributed by atoms with E-state index in [4.69, 9.17) is 11.6 Å². The van der Waals surface area contributed by atoms with E-state index in [-0.39, 0.29) is 11.4 Å². The van der Waals surface area contributed by atoms with Crippen LogP contribution in [0, 0.1) is 5.82 Å². The first-order valence-electron chi connectivity index (χ1n) is 5.73. The maximum atomic E-state index is 13.3. The summed E-state index contributed by atoms with van der Waals surface area (Å²) in [7, 11) is 0. The molecule has 1 aromatic carbocycles. The molecule has 0 saturated carbocycles. The van der Waals surface area contributed by atoms with Crippen LogP contribution in [0.2, 0.25) is 5.02 Å². The standard InChI is InChI=1S/C14H8ClFN2O2/c15-9-4-5-18-11(7-9)17-12(13(18)14(19)20)8-2-1-3-10(16)6-8/h1-7H,(H,19,20). The summed E-state index contributed by atoms with van der Waals surface area (Å²) < 4.78 is 14.7. The second-order valence-corrected chi connectivity index (χ2v) is 4.63. The van der Waals surface area contributed by atoms with Crippen LogP contribution in [0.15, 0.2) is 42.6 Å². The third-order valence-corrected chi connectivity index (χ3v) is 3.12. The van der Waals surface area contributed by atoms with Gasteiger partial charge in [0, 0.05) is 22.8 Å². The zero-order chi connectivity index (χ0) is 14.3. The van der Waals surface area contributed by atoms with Crippen LogP contribution in [-0.2, 0) is 0 Å². The molecule has 0 unspecified atom stereocenters. The highest BCUT2D eigenvalue weighted by Crippen LogP contribution is 2.26. The van der Waals surface area contributed by atoms with Crippen LogP contribution in [0.4, 0.5) is 4.39 Å². The number of aromatic nitrogens is 2. The molecule has 0 saturated heterocycles. The van der Waals surface area contributed by atoms with Crippen LogP contribution < -0.4 is 0 Å². The first-order chi connectivity index (χ1) is 9.56. The van der Waals surface area contributed by atoms with E-state index in [2.05, 4.69) is 4.98 Å². The summed E-state index contributed by atoms with van der Waals surface area (Å²) in [6, 6.07) is 8.77. The van der Waals surface area contributed by atoms with Gasteiger partial charge in [0.2, 0.25) is 0 Å². The number of rotatable bonds is 2. The Balaban J connectivity index is 2.35. The molecule has 2 heterocycles. The van der Waals surface area contributed by atoms with Gasteiger partial charge in [0.25, 0.3) is 0 Å². The molecule has 0 bridgehead atoms. The van der Waals surface area contributed by atoms with E-state index in [1.165, 1.54) is 28.8 Å². The summed E-state index contributed by atoms with van der Waals surface area (Å²) in [6.07, 6.45) is 1.52. The highest BCUT2D eigenvalue weighted by atomic mass is 35.5. The summed E-state index contributed by atoms with van der Waals surface area (Å²) in [5, 5.41) is 9.81. The summed E-state index contributed by atoms with van der Waals surface area (Å²) in [5.74, 6) is -1.59. The monoisotopic (exact) mass is 290 g/mol. The molecule has 0 fully saturated rings. The van der Waals surface area contributed by atoms with Crippen molar-refractivity contribution in [2.75, 3.05) is 0 Å². The van der Waals surface area contributed by atoms with E-state index in [0.29, 0.717) is 16.2 Å². The first kappa shape index (κ1) is 12.6. The number of fused-ring (bicyclic) bond motifs is 1. The Morgan fingerprint density at radius 2 is 2.10 bits per heavy atom. The van der Waals surface area contributed by atoms with Gasteiger partial charge in [-0.15, -0.1) is 0 Å². The Labute approximate surface area is 118 Å². The Morgan fingerprint density at radius 1 is 1.30 bits per heavy atom.